The first-order chi connectivity index (χ1) is 16.8. The van der Waals surface area contributed by atoms with Gasteiger partial charge in [-0.3, -0.25) is 4.79 Å². The van der Waals surface area contributed by atoms with Crippen molar-refractivity contribution in [2.45, 2.75) is 37.6 Å². The van der Waals surface area contributed by atoms with Crippen LogP contribution in [0.3, 0.4) is 0 Å². The van der Waals surface area contributed by atoms with Crippen molar-refractivity contribution in [1.29, 1.82) is 0 Å². The molecule has 0 N–H and O–H groups in total. The van der Waals surface area contributed by atoms with Crippen LogP contribution in [-0.2, 0) is 11.0 Å². The Bertz CT molecular complexity index is 1180. The zero-order valence-electron chi connectivity index (χ0n) is 18.4. The molecule has 184 valence electrons. The smallest absolute Gasteiger partial charge is 0.417 e. The molecular formula is C22H21ClF3N7O2. The summed E-state index contributed by atoms with van der Waals surface area (Å²) in [6.45, 7) is 1.67. The molecule has 2 aromatic heterocycles. The first-order valence-corrected chi connectivity index (χ1v) is 11.5. The summed E-state index contributed by atoms with van der Waals surface area (Å²) in [5.74, 6) is 0.857. The van der Waals surface area contributed by atoms with E-state index in [9.17, 15) is 18.0 Å². The average Bonchev–Trinajstić information content (AvgIpc) is 3.50. The Morgan fingerprint density at radius 1 is 1.06 bits per heavy atom. The van der Waals surface area contributed by atoms with Crippen LogP contribution in [0.2, 0.25) is 5.02 Å². The van der Waals surface area contributed by atoms with Crippen LogP contribution < -0.4 is 9.64 Å². The quantitative estimate of drug-likeness (QED) is 0.523. The Morgan fingerprint density at radius 3 is 2.43 bits per heavy atom. The topological polar surface area (TPSA) is 89.3 Å². The highest BCUT2D eigenvalue weighted by Crippen LogP contribution is 2.35. The molecule has 13 heteroatoms. The van der Waals surface area contributed by atoms with Crippen molar-refractivity contribution in [3.05, 3.63) is 53.4 Å². The predicted octanol–water partition coefficient (Wildman–Crippen LogP) is 3.38. The molecule has 9 nitrogen and oxygen atoms in total. The van der Waals surface area contributed by atoms with Gasteiger partial charge in [0.2, 0.25) is 0 Å². The summed E-state index contributed by atoms with van der Waals surface area (Å²) in [5, 5.41) is 11.0. The number of likely N-dealkylation sites (tertiary alicyclic amines) is 1. The number of rotatable bonds is 5. The normalized spacial score (nSPS) is 19.4. The van der Waals surface area contributed by atoms with E-state index in [-0.39, 0.29) is 17.0 Å². The first kappa shape index (κ1) is 23.3. The molecule has 0 spiro atoms. The molecule has 0 saturated carbocycles. The van der Waals surface area contributed by atoms with Gasteiger partial charge in [0.15, 0.2) is 6.10 Å². The van der Waals surface area contributed by atoms with Gasteiger partial charge in [-0.05, 0) is 53.6 Å². The number of nitrogens with zero attached hydrogens (tertiary/aromatic N) is 7. The second-order valence-electron chi connectivity index (χ2n) is 8.42. The van der Waals surface area contributed by atoms with Gasteiger partial charge < -0.3 is 14.5 Å². The predicted molar refractivity (Wildman–Crippen MR) is 119 cm³/mol. The number of alkyl halides is 3. The van der Waals surface area contributed by atoms with Crippen molar-refractivity contribution in [1.82, 2.24) is 30.1 Å². The van der Waals surface area contributed by atoms with Crippen molar-refractivity contribution >= 4 is 23.3 Å². The van der Waals surface area contributed by atoms with Crippen LogP contribution in [0.4, 0.5) is 19.0 Å². The average molecular weight is 508 g/mol. The molecule has 1 atom stereocenters. The van der Waals surface area contributed by atoms with Crippen LogP contribution in [-0.4, -0.2) is 67.8 Å². The monoisotopic (exact) mass is 507 g/mol. The van der Waals surface area contributed by atoms with Crippen LogP contribution in [0.5, 0.6) is 5.75 Å². The minimum absolute atomic E-state index is 0.0303. The van der Waals surface area contributed by atoms with E-state index in [0.717, 1.165) is 18.0 Å². The summed E-state index contributed by atoms with van der Waals surface area (Å²) in [7, 11) is 0. The molecule has 2 saturated heterocycles. The number of carbonyl (C=O) groups excluding carboxylic acids is 1. The van der Waals surface area contributed by atoms with Crippen LogP contribution in [0, 0.1) is 0 Å². The minimum Gasteiger partial charge on any atom is -0.481 e. The maximum Gasteiger partial charge on any atom is 0.417 e. The van der Waals surface area contributed by atoms with Gasteiger partial charge in [0.25, 0.3) is 5.91 Å². The summed E-state index contributed by atoms with van der Waals surface area (Å²) < 4.78 is 46.1. The third kappa shape index (κ3) is 4.88. The Hall–Kier alpha value is -3.41. The number of carbonyl (C=O) groups is 1. The zero-order valence-corrected chi connectivity index (χ0v) is 19.2. The number of tetrazole rings is 1. The molecule has 0 bridgehead atoms. The fraction of sp³-hybridized carbons (Fsp3) is 0.409. The lowest BCUT2D eigenvalue weighted by atomic mass is 10.0. The SMILES string of the molecule is O=C1[C@@H](Oc2ccc(-n3cnnn3)cc2)CCN1C1CCN(c2ncc(C(F)(F)F)cc2Cl)CC1. The van der Waals surface area contributed by atoms with Gasteiger partial charge in [-0.1, -0.05) is 11.6 Å². The summed E-state index contributed by atoms with van der Waals surface area (Å²) >= 11 is 6.09. The highest BCUT2D eigenvalue weighted by molar-refractivity contribution is 6.33. The molecular weight excluding hydrogens is 487 g/mol. The maximum absolute atomic E-state index is 13.0. The van der Waals surface area contributed by atoms with E-state index in [4.69, 9.17) is 16.3 Å². The lowest BCUT2D eigenvalue weighted by molar-refractivity contribution is -0.138. The Morgan fingerprint density at radius 2 is 1.80 bits per heavy atom. The number of ether oxygens (including phenoxy) is 1. The number of benzene rings is 1. The summed E-state index contributed by atoms with van der Waals surface area (Å²) in [6.07, 6.45) is -0.849. The van der Waals surface area contributed by atoms with E-state index in [1.165, 1.54) is 11.0 Å². The molecule has 35 heavy (non-hydrogen) atoms. The molecule has 3 aromatic rings. The van der Waals surface area contributed by atoms with Gasteiger partial charge in [-0.15, -0.1) is 5.10 Å². The fourth-order valence-corrected chi connectivity index (χ4v) is 4.76. The molecule has 1 aromatic carbocycles. The van der Waals surface area contributed by atoms with Gasteiger partial charge in [0.1, 0.15) is 17.9 Å². The Kier molecular flexibility index (Phi) is 6.22. The summed E-state index contributed by atoms with van der Waals surface area (Å²) in [5.41, 5.74) is -0.101. The molecule has 2 aliphatic heterocycles. The molecule has 5 rings (SSSR count). The lowest BCUT2D eigenvalue weighted by Gasteiger charge is -2.37. The fourth-order valence-electron chi connectivity index (χ4n) is 4.48. The number of amides is 1. The van der Waals surface area contributed by atoms with Crippen LogP contribution in [0.15, 0.2) is 42.9 Å². The number of aromatic nitrogens is 5. The van der Waals surface area contributed by atoms with Crippen LogP contribution >= 0.6 is 11.6 Å². The van der Waals surface area contributed by atoms with Gasteiger partial charge >= 0.3 is 6.18 Å². The van der Waals surface area contributed by atoms with Gasteiger partial charge in [-0.25, -0.2) is 9.67 Å². The molecule has 0 unspecified atom stereocenters. The number of pyridine rings is 1. The molecule has 0 aliphatic carbocycles. The standard InChI is InChI=1S/C22H21ClF3N7O2/c23-18-11-14(22(24,25)26)12-27-20(18)31-8-5-15(6-9-31)32-10-7-19(21(32)34)35-17-3-1-16(2-4-17)33-13-28-29-30-33/h1-4,11-13,15,19H,5-10H2/t19-/m0/s1. The van der Waals surface area contributed by atoms with Crippen LogP contribution in [0.1, 0.15) is 24.8 Å². The third-order valence-corrected chi connectivity index (χ3v) is 6.55. The minimum atomic E-state index is -4.49. The summed E-state index contributed by atoms with van der Waals surface area (Å²) in [4.78, 5) is 20.7. The van der Waals surface area contributed by atoms with E-state index in [1.54, 1.807) is 24.3 Å². The van der Waals surface area contributed by atoms with Crippen molar-refractivity contribution in [3.63, 3.8) is 0 Å². The number of halogens is 4. The van der Waals surface area contributed by atoms with E-state index in [0.29, 0.717) is 50.5 Å². The largest absolute Gasteiger partial charge is 0.481 e. The van der Waals surface area contributed by atoms with Crippen molar-refractivity contribution in [2.75, 3.05) is 24.5 Å². The first-order valence-electron chi connectivity index (χ1n) is 11.1. The van der Waals surface area contributed by atoms with E-state index in [1.807, 2.05) is 9.80 Å². The van der Waals surface area contributed by atoms with Gasteiger partial charge in [0.05, 0.1) is 16.3 Å². The second-order valence-corrected chi connectivity index (χ2v) is 8.83. The highest BCUT2D eigenvalue weighted by Gasteiger charge is 2.39. The van der Waals surface area contributed by atoms with E-state index in [2.05, 4.69) is 20.5 Å². The molecule has 0 radical (unpaired) electrons. The molecule has 1 amide bonds. The summed E-state index contributed by atoms with van der Waals surface area (Å²) in [6, 6.07) is 8.08. The third-order valence-electron chi connectivity index (χ3n) is 6.27. The van der Waals surface area contributed by atoms with Crippen LogP contribution in [0.25, 0.3) is 5.69 Å². The Balaban J connectivity index is 1.16. The van der Waals surface area contributed by atoms with Crippen molar-refractivity contribution < 1.29 is 22.7 Å². The molecule has 2 aliphatic rings. The van der Waals surface area contributed by atoms with Crippen molar-refractivity contribution in [3.8, 4) is 11.4 Å². The molecule has 2 fully saturated rings. The Labute approximate surface area is 203 Å². The van der Waals surface area contributed by atoms with Crippen molar-refractivity contribution in [2.24, 2.45) is 0 Å². The number of piperidine rings is 1. The maximum atomic E-state index is 13.0. The lowest BCUT2D eigenvalue weighted by Crippen LogP contribution is -2.47. The van der Waals surface area contributed by atoms with E-state index >= 15 is 0 Å². The second kappa shape index (κ2) is 9.33. The number of hydrogen-bond donors (Lipinski definition) is 0. The van der Waals surface area contributed by atoms with Gasteiger partial charge in [-0.2, -0.15) is 13.2 Å². The highest BCUT2D eigenvalue weighted by atomic mass is 35.5. The zero-order chi connectivity index (χ0) is 24.6. The number of anilines is 1. The molecule has 4 heterocycles. The van der Waals surface area contributed by atoms with Gasteiger partial charge in [0, 0.05) is 38.3 Å². The van der Waals surface area contributed by atoms with E-state index < -0.39 is 17.8 Å². The number of hydrogen-bond acceptors (Lipinski definition) is 7.